The van der Waals surface area contributed by atoms with Gasteiger partial charge in [-0.15, -0.1) is 0 Å². The lowest BCUT2D eigenvalue weighted by Crippen LogP contribution is -2.15. The highest BCUT2D eigenvalue weighted by Gasteiger charge is 2.17. The van der Waals surface area contributed by atoms with E-state index in [1.807, 2.05) is 0 Å². The standard InChI is InChI=1S/C11H7FN2O3S/c12-7-4-2-1-3-6(7)10(15)13-8-5-18-14-9(8)11(16)17/h1-5H,(H,13,15)(H,16,17). The Bertz CT molecular complexity index is 612. The maximum atomic E-state index is 13.3. The van der Waals surface area contributed by atoms with Crippen LogP contribution in [0.1, 0.15) is 20.8 Å². The largest absolute Gasteiger partial charge is 0.476 e. The quantitative estimate of drug-likeness (QED) is 0.892. The molecule has 2 rings (SSSR count). The van der Waals surface area contributed by atoms with Gasteiger partial charge in [0.25, 0.3) is 5.91 Å². The number of amides is 1. The van der Waals surface area contributed by atoms with Crippen LogP contribution in [0.15, 0.2) is 29.6 Å². The number of carboxylic acid groups (broad SMARTS) is 1. The lowest BCUT2D eigenvalue weighted by atomic mass is 10.2. The summed E-state index contributed by atoms with van der Waals surface area (Å²) in [4.78, 5) is 22.5. The Morgan fingerprint density at radius 1 is 1.33 bits per heavy atom. The van der Waals surface area contributed by atoms with Gasteiger partial charge in [0.05, 0.1) is 11.3 Å². The minimum atomic E-state index is -1.25. The van der Waals surface area contributed by atoms with Gasteiger partial charge in [0.1, 0.15) is 5.82 Å². The van der Waals surface area contributed by atoms with E-state index in [4.69, 9.17) is 5.11 Å². The van der Waals surface area contributed by atoms with Gasteiger partial charge in [0.15, 0.2) is 5.69 Å². The summed E-state index contributed by atoms with van der Waals surface area (Å²) in [5.74, 6) is -2.63. The smallest absolute Gasteiger partial charge is 0.357 e. The number of hydrogen-bond donors (Lipinski definition) is 2. The van der Waals surface area contributed by atoms with Gasteiger partial charge in [-0.3, -0.25) is 4.79 Å². The molecule has 1 aromatic carbocycles. The summed E-state index contributed by atoms with van der Waals surface area (Å²) in [5, 5.41) is 12.5. The minimum absolute atomic E-state index is 0.0563. The van der Waals surface area contributed by atoms with Gasteiger partial charge >= 0.3 is 5.97 Å². The fourth-order valence-corrected chi connectivity index (χ4v) is 1.93. The minimum Gasteiger partial charge on any atom is -0.476 e. The number of carboxylic acids is 1. The number of nitrogens with one attached hydrogen (secondary N) is 1. The van der Waals surface area contributed by atoms with E-state index in [-0.39, 0.29) is 16.9 Å². The molecule has 0 saturated heterocycles. The predicted molar refractivity (Wildman–Crippen MR) is 63.4 cm³/mol. The lowest BCUT2D eigenvalue weighted by molar-refractivity contribution is 0.0693. The van der Waals surface area contributed by atoms with Crippen molar-refractivity contribution in [2.75, 3.05) is 5.32 Å². The summed E-state index contributed by atoms with van der Waals surface area (Å²) in [7, 11) is 0. The van der Waals surface area contributed by atoms with Crippen LogP contribution in [0.4, 0.5) is 10.1 Å². The van der Waals surface area contributed by atoms with E-state index in [0.717, 1.165) is 17.6 Å². The zero-order chi connectivity index (χ0) is 13.1. The molecule has 0 atom stereocenters. The van der Waals surface area contributed by atoms with Crippen molar-refractivity contribution in [2.45, 2.75) is 0 Å². The molecule has 5 nitrogen and oxygen atoms in total. The van der Waals surface area contributed by atoms with Crippen molar-refractivity contribution in [3.8, 4) is 0 Å². The van der Waals surface area contributed by atoms with Gasteiger partial charge in [-0.2, -0.15) is 4.37 Å². The number of rotatable bonds is 3. The predicted octanol–water partition coefficient (Wildman–Crippen LogP) is 2.23. The van der Waals surface area contributed by atoms with Gasteiger partial charge in [0.2, 0.25) is 0 Å². The van der Waals surface area contributed by atoms with Crippen molar-refractivity contribution in [3.05, 3.63) is 46.7 Å². The van der Waals surface area contributed by atoms with Crippen molar-refractivity contribution in [1.29, 1.82) is 0 Å². The van der Waals surface area contributed by atoms with E-state index in [1.54, 1.807) is 0 Å². The highest BCUT2D eigenvalue weighted by atomic mass is 32.1. The maximum absolute atomic E-state index is 13.3. The molecule has 2 N–H and O–H groups in total. The van der Waals surface area contributed by atoms with Gasteiger partial charge < -0.3 is 10.4 Å². The van der Waals surface area contributed by atoms with E-state index >= 15 is 0 Å². The molecule has 0 unspecified atom stereocenters. The van der Waals surface area contributed by atoms with E-state index < -0.39 is 17.7 Å². The second kappa shape index (κ2) is 4.92. The number of halogens is 1. The molecule has 1 aromatic heterocycles. The first-order valence-corrected chi connectivity index (χ1v) is 5.67. The van der Waals surface area contributed by atoms with Gasteiger partial charge in [-0.1, -0.05) is 12.1 Å². The molecule has 92 valence electrons. The molecule has 7 heteroatoms. The highest BCUT2D eigenvalue weighted by molar-refractivity contribution is 7.04. The summed E-state index contributed by atoms with van der Waals surface area (Å²) in [6.07, 6.45) is 0. The van der Waals surface area contributed by atoms with Crippen LogP contribution in [0, 0.1) is 5.82 Å². The molecular weight excluding hydrogens is 259 g/mol. The first kappa shape index (κ1) is 12.2. The third kappa shape index (κ3) is 2.35. The third-order valence-corrected chi connectivity index (χ3v) is 2.77. The molecule has 0 fully saturated rings. The molecule has 0 aliphatic rings. The van der Waals surface area contributed by atoms with Crippen LogP contribution in [0.2, 0.25) is 0 Å². The van der Waals surface area contributed by atoms with Crippen LogP contribution >= 0.6 is 11.5 Å². The number of benzene rings is 1. The van der Waals surface area contributed by atoms with Crippen LogP contribution in [0.5, 0.6) is 0 Å². The average Bonchev–Trinajstić information content (AvgIpc) is 2.77. The summed E-state index contributed by atoms with van der Waals surface area (Å²) >= 11 is 0.897. The molecule has 2 aromatic rings. The molecular formula is C11H7FN2O3S. The Kier molecular flexibility index (Phi) is 3.33. The molecule has 0 radical (unpaired) electrons. The van der Waals surface area contributed by atoms with Crippen LogP contribution in [-0.2, 0) is 0 Å². The van der Waals surface area contributed by atoms with Crippen molar-refractivity contribution in [3.63, 3.8) is 0 Å². The molecule has 0 aliphatic carbocycles. The van der Waals surface area contributed by atoms with Gasteiger partial charge in [-0.05, 0) is 23.7 Å². The number of aromatic nitrogens is 1. The summed E-state index contributed by atoms with van der Waals surface area (Å²) in [6, 6.07) is 5.44. The fraction of sp³-hybridized carbons (Fsp3) is 0. The molecule has 1 amide bonds. The Balaban J connectivity index is 2.25. The highest BCUT2D eigenvalue weighted by Crippen LogP contribution is 2.18. The first-order chi connectivity index (χ1) is 8.59. The summed E-state index contributed by atoms with van der Waals surface area (Å²) in [6.45, 7) is 0. The Labute approximate surface area is 105 Å². The van der Waals surface area contributed by atoms with Crippen LogP contribution in [0.3, 0.4) is 0 Å². The van der Waals surface area contributed by atoms with E-state index in [2.05, 4.69) is 9.69 Å². The second-order valence-electron chi connectivity index (χ2n) is 3.32. The number of carbonyl (C=O) groups is 2. The van der Waals surface area contributed by atoms with Crippen LogP contribution in [-0.4, -0.2) is 21.4 Å². The SMILES string of the molecule is O=C(Nc1csnc1C(=O)O)c1ccccc1F. The van der Waals surface area contributed by atoms with Crippen molar-refractivity contribution in [1.82, 2.24) is 4.37 Å². The Morgan fingerprint density at radius 3 is 2.72 bits per heavy atom. The normalized spacial score (nSPS) is 10.1. The number of aromatic carboxylic acids is 1. The monoisotopic (exact) mass is 266 g/mol. The van der Waals surface area contributed by atoms with Gasteiger partial charge in [-0.25, -0.2) is 9.18 Å². The summed E-state index contributed by atoms with van der Waals surface area (Å²) in [5.41, 5.74) is -0.356. The summed E-state index contributed by atoms with van der Waals surface area (Å²) < 4.78 is 17.0. The maximum Gasteiger partial charge on any atom is 0.357 e. The Morgan fingerprint density at radius 2 is 2.06 bits per heavy atom. The molecule has 1 heterocycles. The molecule has 0 saturated carbocycles. The van der Waals surface area contributed by atoms with Gasteiger partial charge in [0, 0.05) is 5.38 Å². The zero-order valence-electron chi connectivity index (χ0n) is 8.88. The van der Waals surface area contributed by atoms with Crippen molar-refractivity contribution >= 4 is 29.1 Å². The molecule has 0 spiro atoms. The van der Waals surface area contributed by atoms with E-state index in [9.17, 15) is 14.0 Å². The first-order valence-electron chi connectivity index (χ1n) is 4.83. The van der Waals surface area contributed by atoms with Crippen LogP contribution in [0.25, 0.3) is 0 Å². The number of hydrogen-bond acceptors (Lipinski definition) is 4. The van der Waals surface area contributed by atoms with Crippen molar-refractivity contribution in [2.24, 2.45) is 0 Å². The molecule has 0 bridgehead atoms. The lowest BCUT2D eigenvalue weighted by Gasteiger charge is -2.04. The third-order valence-electron chi connectivity index (χ3n) is 2.14. The average molecular weight is 266 g/mol. The van der Waals surface area contributed by atoms with E-state index in [1.165, 1.54) is 23.6 Å². The molecule has 18 heavy (non-hydrogen) atoms. The number of carbonyl (C=O) groups excluding carboxylic acids is 1. The van der Waals surface area contributed by atoms with Crippen LogP contribution < -0.4 is 5.32 Å². The number of nitrogens with zero attached hydrogens (tertiary/aromatic N) is 1. The fourth-order valence-electron chi connectivity index (χ4n) is 1.31. The second-order valence-corrected chi connectivity index (χ2v) is 3.95. The number of anilines is 1. The zero-order valence-corrected chi connectivity index (χ0v) is 9.70. The van der Waals surface area contributed by atoms with Crippen molar-refractivity contribution < 1.29 is 19.1 Å². The van der Waals surface area contributed by atoms with E-state index in [0.29, 0.717) is 0 Å². The molecule has 0 aliphatic heterocycles. The Hall–Kier alpha value is -2.28. The topological polar surface area (TPSA) is 79.3 Å².